The van der Waals surface area contributed by atoms with Crippen LogP contribution in [0.15, 0.2) is 4.79 Å². The highest BCUT2D eigenvalue weighted by Crippen LogP contribution is 2.29. The molecule has 16 heavy (non-hydrogen) atoms. The van der Waals surface area contributed by atoms with Gasteiger partial charge < -0.3 is 10.1 Å². The number of aromatic nitrogens is 2. The summed E-state index contributed by atoms with van der Waals surface area (Å²) in [6.45, 7) is 1.18. The average Bonchev–Trinajstić information content (AvgIpc) is 2.06. The van der Waals surface area contributed by atoms with Crippen LogP contribution in [0.2, 0.25) is 0 Å². The molecule has 0 aromatic carbocycles. The molecule has 0 aliphatic heterocycles. The van der Waals surface area contributed by atoms with Gasteiger partial charge in [-0.05, 0) is 6.92 Å². The normalized spacial score (nSPS) is 11.5. The summed E-state index contributed by atoms with van der Waals surface area (Å²) in [6, 6.07) is 0. The van der Waals surface area contributed by atoms with Crippen LogP contribution in [0.4, 0.5) is 13.2 Å². The Morgan fingerprint density at radius 2 is 2.06 bits per heavy atom. The quantitative estimate of drug-likeness (QED) is 0.792. The molecular weight excluding hydrogens is 229 g/mol. The summed E-state index contributed by atoms with van der Waals surface area (Å²) in [4.78, 5) is 26.7. The van der Waals surface area contributed by atoms with E-state index in [1.54, 1.807) is 0 Å². The Hall–Kier alpha value is -1.86. The Morgan fingerprint density at radius 1 is 1.50 bits per heavy atom. The highest BCUT2D eigenvalue weighted by molar-refractivity contribution is 5.70. The van der Waals surface area contributed by atoms with E-state index >= 15 is 0 Å². The molecule has 1 heterocycles. The van der Waals surface area contributed by atoms with Crippen molar-refractivity contribution in [3.05, 3.63) is 27.4 Å². The summed E-state index contributed by atoms with van der Waals surface area (Å²) in [5.41, 5.74) is -3.41. The number of hydrogen-bond acceptors (Lipinski definition) is 3. The predicted molar refractivity (Wildman–Crippen MR) is 45.9 cm³/mol. The van der Waals surface area contributed by atoms with E-state index in [4.69, 9.17) is 5.11 Å². The number of carboxylic acids is 1. The number of H-pyrrole nitrogens is 1. The minimum absolute atomic E-state index is 0.216. The lowest BCUT2D eigenvalue weighted by atomic mass is 10.1. The molecule has 0 bridgehead atoms. The molecule has 0 radical (unpaired) electrons. The van der Waals surface area contributed by atoms with Crippen LogP contribution >= 0.6 is 0 Å². The summed E-state index contributed by atoms with van der Waals surface area (Å²) in [7, 11) is 0. The zero-order chi connectivity index (χ0) is 12.5. The first kappa shape index (κ1) is 12.2. The molecule has 1 aromatic rings. The smallest absolute Gasteiger partial charge is 0.433 e. The van der Waals surface area contributed by atoms with E-state index in [1.807, 2.05) is 4.98 Å². The van der Waals surface area contributed by atoms with Crippen LogP contribution in [0.5, 0.6) is 0 Å². The van der Waals surface area contributed by atoms with Gasteiger partial charge in [0.1, 0.15) is 5.82 Å². The van der Waals surface area contributed by atoms with Gasteiger partial charge in [-0.15, -0.1) is 0 Å². The lowest BCUT2D eigenvalue weighted by Gasteiger charge is -2.10. The average molecular weight is 236 g/mol. The second-order valence-corrected chi connectivity index (χ2v) is 3.05. The predicted octanol–water partition coefficient (Wildman–Crippen LogP) is 0.724. The number of rotatable bonds is 2. The maximum atomic E-state index is 12.5. The van der Waals surface area contributed by atoms with Crippen LogP contribution in [-0.4, -0.2) is 21.0 Å². The molecule has 0 saturated heterocycles. The highest BCUT2D eigenvalue weighted by Gasteiger charge is 2.37. The molecule has 2 N–H and O–H groups in total. The Balaban J connectivity index is 3.44. The van der Waals surface area contributed by atoms with Crippen LogP contribution in [0.3, 0.4) is 0 Å². The van der Waals surface area contributed by atoms with Gasteiger partial charge >= 0.3 is 12.1 Å². The van der Waals surface area contributed by atoms with Crippen LogP contribution in [-0.2, 0) is 17.4 Å². The van der Waals surface area contributed by atoms with Crippen molar-refractivity contribution in [1.29, 1.82) is 0 Å². The summed E-state index contributed by atoms with van der Waals surface area (Å²) >= 11 is 0. The van der Waals surface area contributed by atoms with Gasteiger partial charge in [-0.2, -0.15) is 13.2 Å². The van der Waals surface area contributed by atoms with Crippen molar-refractivity contribution in [2.75, 3.05) is 0 Å². The lowest BCUT2D eigenvalue weighted by molar-refractivity contribution is -0.143. The van der Waals surface area contributed by atoms with Gasteiger partial charge in [0, 0.05) is 0 Å². The van der Waals surface area contributed by atoms with Gasteiger partial charge in [0.2, 0.25) is 0 Å². The summed E-state index contributed by atoms with van der Waals surface area (Å²) < 4.78 is 37.4. The summed E-state index contributed by atoms with van der Waals surface area (Å²) in [5, 5.41) is 8.40. The molecule has 0 fully saturated rings. The first-order valence-electron chi connectivity index (χ1n) is 4.10. The molecule has 1 rings (SSSR count). The van der Waals surface area contributed by atoms with E-state index in [1.165, 1.54) is 6.92 Å². The number of alkyl halides is 3. The van der Waals surface area contributed by atoms with Crippen molar-refractivity contribution < 1.29 is 23.1 Å². The zero-order valence-corrected chi connectivity index (χ0v) is 8.05. The molecule has 88 valence electrons. The number of carbonyl (C=O) groups is 1. The maximum absolute atomic E-state index is 12.5. The van der Waals surface area contributed by atoms with Crippen LogP contribution in [0, 0.1) is 6.92 Å². The molecule has 8 heteroatoms. The first-order valence-corrected chi connectivity index (χ1v) is 4.10. The van der Waals surface area contributed by atoms with Gasteiger partial charge in [-0.3, -0.25) is 9.59 Å². The number of aromatic amines is 1. The highest BCUT2D eigenvalue weighted by atomic mass is 19.4. The molecule has 0 unspecified atom stereocenters. The van der Waals surface area contributed by atoms with Crippen LogP contribution < -0.4 is 5.56 Å². The number of carboxylic acid groups (broad SMARTS) is 1. The molecule has 0 aliphatic carbocycles. The van der Waals surface area contributed by atoms with Crippen molar-refractivity contribution >= 4 is 5.97 Å². The molecular formula is C8H7F3N2O3. The third-order valence-electron chi connectivity index (χ3n) is 1.73. The zero-order valence-electron chi connectivity index (χ0n) is 8.05. The van der Waals surface area contributed by atoms with E-state index in [-0.39, 0.29) is 5.82 Å². The second-order valence-electron chi connectivity index (χ2n) is 3.05. The monoisotopic (exact) mass is 236 g/mol. The fraction of sp³-hybridized carbons (Fsp3) is 0.375. The number of nitrogens with zero attached hydrogens (tertiary/aromatic N) is 1. The summed E-state index contributed by atoms with van der Waals surface area (Å²) in [6.07, 6.45) is -5.86. The number of halogens is 3. The number of hydrogen-bond donors (Lipinski definition) is 2. The SMILES string of the molecule is Cc1nc(C(F)(F)F)c(CC(=O)O)c(=O)[nH]1. The number of aryl methyl sites for hydroxylation is 1. The molecule has 0 atom stereocenters. The molecule has 0 spiro atoms. The third-order valence-corrected chi connectivity index (χ3v) is 1.73. The van der Waals surface area contributed by atoms with E-state index in [0.29, 0.717) is 0 Å². The van der Waals surface area contributed by atoms with Gasteiger partial charge in [0.15, 0.2) is 5.69 Å². The Labute approximate surface area is 86.9 Å². The topological polar surface area (TPSA) is 83.0 Å². The van der Waals surface area contributed by atoms with E-state index in [0.717, 1.165) is 0 Å². The Morgan fingerprint density at radius 3 is 2.50 bits per heavy atom. The largest absolute Gasteiger partial charge is 0.481 e. The number of nitrogens with one attached hydrogen (secondary N) is 1. The van der Waals surface area contributed by atoms with E-state index in [2.05, 4.69) is 4.98 Å². The molecule has 0 saturated carbocycles. The van der Waals surface area contributed by atoms with Crippen molar-refractivity contribution in [3.63, 3.8) is 0 Å². The Kier molecular flexibility index (Phi) is 3.02. The molecule has 0 aliphatic rings. The van der Waals surface area contributed by atoms with Crippen LogP contribution in [0.25, 0.3) is 0 Å². The molecule has 1 aromatic heterocycles. The minimum atomic E-state index is -4.84. The van der Waals surface area contributed by atoms with E-state index < -0.39 is 35.4 Å². The lowest BCUT2D eigenvalue weighted by Crippen LogP contribution is -2.26. The fourth-order valence-corrected chi connectivity index (χ4v) is 1.16. The van der Waals surface area contributed by atoms with Gasteiger partial charge in [-0.1, -0.05) is 0 Å². The Bertz CT molecular complexity index is 478. The van der Waals surface area contributed by atoms with E-state index in [9.17, 15) is 22.8 Å². The van der Waals surface area contributed by atoms with Crippen molar-refractivity contribution in [2.24, 2.45) is 0 Å². The molecule has 0 amide bonds. The van der Waals surface area contributed by atoms with Crippen LogP contribution in [0.1, 0.15) is 17.1 Å². The van der Waals surface area contributed by atoms with Crippen molar-refractivity contribution in [3.8, 4) is 0 Å². The third kappa shape index (κ3) is 2.59. The first-order chi connectivity index (χ1) is 7.21. The second kappa shape index (κ2) is 3.95. The maximum Gasteiger partial charge on any atom is 0.433 e. The van der Waals surface area contributed by atoms with Gasteiger partial charge in [0.05, 0.1) is 12.0 Å². The van der Waals surface area contributed by atoms with Crippen molar-refractivity contribution in [2.45, 2.75) is 19.5 Å². The van der Waals surface area contributed by atoms with Crippen molar-refractivity contribution in [1.82, 2.24) is 9.97 Å². The summed E-state index contributed by atoms with van der Waals surface area (Å²) in [5.74, 6) is -1.74. The van der Waals surface area contributed by atoms with Gasteiger partial charge in [-0.25, -0.2) is 4.98 Å². The minimum Gasteiger partial charge on any atom is -0.481 e. The number of aliphatic carboxylic acids is 1. The fourth-order valence-electron chi connectivity index (χ4n) is 1.16. The molecule has 5 nitrogen and oxygen atoms in total. The standard InChI is InChI=1S/C8H7F3N2O3/c1-3-12-6(8(9,10)11)4(2-5(14)15)7(16)13-3/h2H2,1H3,(H,14,15)(H,12,13,16). The van der Waals surface area contributed by atoms with Gasteiger partial charge in [0.25, 0.3) is 5.56 Å².